The number of hydrogen-bond acceptors (Lipinski definition) is 3. The predicted molar refractivity (Wildman–Crippen MR) is 101 cm³/mol. The van der Waals surface area contributed by atoms with Gasteiger partial charge in [0.2, 0.25) is 0 Å². The maximum absolute atomic E-state index is 5.31. The largest absolute Gasteiger partial charge is 0.493 e. The molecule has 0 aliphatic rings. The summed E-state index contributed by atoms with van der Waals surface area (Å²) in [6.45, 7) is 3.98. The van der Waals surface area contributed by atoms with E-state index in [1.54, 1.807) is 14.2 Å². The fourth-order valence-electron chi connectivity index (χ4n) is 2.35. The number of benzene rings is 1. The van der Waals surface area contributed by atoms with Crippen LogP contribution in [0, 0.1) is 0 Å². The molecule has 4 nitrogen and oxygen atoms in total. The number of thiocarbonyl (C=S) groups is 1. The number of hydrogen-bond donors (Lipinski definition) is 2. The molecular formula is C18H30N2O2S. The molecule has 0 spiro atoms. The highest BCUT2D eigenvalue weighted by atomic mass is 32.1. The van der Waals surface area contributed by atoms with Crippen molar-refractivity contribution >= 4 is 17.3 Å². The first-order valence-corrected chi connectivity index (χ1v) is 8.84. The summed E-state index contributed by atoms with van der Waals surface area (Å²) in [4.78, 5) is 0. The van der Waals surface area contributed by atoms with Crippen molar-refractivity contribution in [2.24, 2.45) is 0 Å². The number of ether oxygens (including phenoxy) is 2. The molecule has 0 bridgehead atoms. The van der Waals surface area contributed by atoms with Gasteiger partial charge in [-0.2, -0.15) is 0 Å². The summed E-state index contributed by atoms with van der Waals surface area (Å²) in [5.74, 6) is 1.52. The van der Waals surface area contributed by atoms with Crippen LogP contribution in [0.3, 0.4) is 0 Å². The molecule has 2 N–H and O–H groups in total. The van der Waals surface area contributed by atoms with E-state index >= 15 is 0 Å². The predicted octanol–water partition coefficient (Wildman–Crippen LogP) is 3.68. The van der Waals surface area contributed by atoms with Crippen molar-refractivity contribution in [1.82, 2.24) is 10.6 Å². The van der Waals surface area contributed by atoms with Gasteiger partial charge in [-0.15, -0.1) is 0 Å². The lowest BCUT2D eigenvalue weighted by molar-refractivity contribution is 0.354. The van der Waals surface area contributed by atoms with Crippen LogP contribution in [0.15, 0.2) is 18.2 Å². The summed E-state index contributed by atoms with van der Waals surface area (Å²) >= 11 is 5.29. The zero-order valence-electron chi connectivity index (χ0n) is 14.6. The van der Waals surface area contributed by atoms with E-state index in [1.165, 1.54) is 37.7 Å². The molecule has 130 valence electrons. The Morgan fingerprint density at radius 3 is 2.35 bits per heavy atom. The summed E-state index contributed by atoms with van der Waals surface area (Å²) in [6.07, 6.45) is 7.26. The van der Waals surface area contributed by atoms with Crippen LogP contribution in [0.25, 0.3) is 0 Å². The zero-order valence-corrected chi connectivity index (χ0v) is 15.4. The van der Waals surface area contributed by atoms with E-state index < -0.39 is 0 Å². The second-order valence-electron chi connectivity index (χ2n) is 5.54. The van der Waals surface area contributed by atoms with Crippen LogP contribution in [0.2, 0.25) is 0 Å². The van der Waals surface area contributed by atoms with Gasteiger partial charge in [-0.05, 0) is 42.8 Å². The lowest BCUT2D eigenvalue weighted by Crippen LogP contribution is -2.36. The van der Waals surface area contributed by atoms with Crippen LogP contribution in [0.4, 0.5) is 0 Å². The van der Waals surface area contributed by atoms with Crippen LogP contribution in [-0.2, 0) is 6.42 Å². The molecule has 5 heteroatoms. The number of rotatable bonds is 11. The molecule has 23 heavy (non-hydrogen) atoms. The molecule has 0 heterocycles. The van der Waals surface area contributed by atoms with Crippen molar-refractivity contribution in [1.29, 1.82) is 0 Å². The lowest BCUT2D eigenvalue weighted by atomic mass is 10.1. The Bertz CT molecular complexity index is 466. The van der Waals surface area contributed by atoms with E-state index in [0.29, 0.717) is 0 Å². The molecule has 0 aromatic heterocycles. The third-order valence-electron chi connectivity index (χ3n) is 3.71. The first kappa shape index (κ1) is 19.6. The lowest BCUT2D eigenvalue weighted by Gasteiger charge is -2.12. The van der Waals surface area contributed by atoms with Gasteiger partial charge in [-0.25, -0.2) is 0 Å². The smallest absolute Gasteiger partial charge is 0.166 e. The standard InChI is InChI=1S/C18H30N2O2S/c1-4-5-6-7-8-12-19-18(23)20-13-11-15-9-10-16(21-2)17(14-15)22-3/h9-10,14H,4-8,11-13H2,1-3H3,(H2,19,20,23). The summed E-state index contributed by atoms with van der Waals surface area (Å²) in [5, 5.41) is 7.25. The topological polar surface area (TPSA) is 42.5 Å². The second-order valence-corrected chi connectivity index (χ2v) is 5.94. The molecule has 0 aliphatic carbocycles. The molecule has 0 saturated carbocycles. The maximum atomic E-state index is 5.31. The molecule has 0 radical (unpaired) electrons. The van der Waals surface area contributed by atoms with Crippen molar-refractivity contribution < 1.29 is 9.47 Å². The van der Waals surface area contributed by atoms with Crippen LogP contribution in [-0.4, -0.2) is 32.4 Å². The summed E-state index contributed by atoms with van der Waals surface area (Å²) in [6, 6.07) is 5.99. The van der Waals surface area contributed by atoms with Crippen molar-refractivity contribution in [3.63, 3.8) is 0 Å². The Hall–Kier alpha value is -1.49. The fraction of sp³-hybridized carbons (Fsp3) is 0.611. The molecule has 0 aliphatic heterocycles. The van der Waals surface area contributed by atoms with Gasteiger partial charge in [0.05, 0.1) is 14.2 Å². The van der Waals surface area contributed by atoms with E-state index in [4.69, 9.17) is 21.7 Å². The minimum Gasteiger partial charge on any atom is -0.493 e. The zero-order chi connectivity index (χ0) is 16.9. The Morgan fingerprint density at radius 2 is 1.65 bits per heavy atom. The average Bonchev–Trinajstić information content (AvgIpc) is 2.57. The first-order valence-electron chi connectivity index (χ1n) is 8.43. The minimum absolute atomic E-state index is 0.737. The van der Waals surface area contributed by atoms with Crippen molar-refractivity contribution in [2.75, 3.05) is 27.3 Å². The van der Waals surface area contributed by atoms with Gasteiger partial charge < -0.3 is 20.1 Å². The number of unbranched alkanes of at least 4 members (excludes halogenated alkanes) is 4. The molecule has 1 rings (SSSR count). The van der Waals surface area contributed by atoms with Gasteiger partial charge in [0.1, 0.15) is 0 Å². The van der Waals surface area contributed by atoms with Gasteiger partial charge in [0.15, 0.2) is 16.6 Å². The van der Waals surface area contributed by atoms with Crippen molar-refractivity contribution in [3.8, 4) is 11.5 Å². The molecule has 0 saturated heterocycles. The van der Waals surface area contributed by atoms with Gasteiger partial charge >= 0.3 is 0 Å². The molecule has 1 aromatic carbocycles. The third-order valence-corrected chi connectivity index (χ3v) is 4.00. The molecule has 1 aromatic rings. The summed E-state index contributed by atoms with van der Waals surface area (Å²) in [7, 11) is 3.30. The maximum Gasteiger partial charge on any atom is 0.166 e. The van der Waals surface area contributed by atoms with E-state index in [2.05, 4.69) is 17.6 Å². The Labute approximate surface area is 145 Å². The Kier molecular flexibility index (Phi) is 10.2. The van der Waals surface area contributed by atoms with Crippen LogP contribution < -0.4 is 20.1 Å². The van der Waals surface area contributed by atoms with Crippen LogP contribution in [0.5, 0.6) is 11.5 Å². The van der Waals surface area contributed by atoms with Crippen LogP contribution >= 0.6 is 12.2 Å². The van der Waals surface area contributed by atoms with E-state index in [1.807, 2.05) is 18.2 Å². The van der Waals surface area contributed by atoms with Crippen molar-refractivity contribution in [2.45, 2.75) is 45.4 Å². The Morgan fingerprint density at radius 1 is 0.957 bits per heavy atom. The van der Waals surface area contributed by atoms with E-state index in [0.717, 1.165) is 36.1 Å². The molecule has 0 fully saturated rings. The molecule has 0 unspecified atom stereocenters. The average molecular weight is 339 g/mol. The summed E-state index contributed by atoms with van der Waals surface area (Å²) < 4.78 is 10.6. The van der Waals surface area contributed by atoms with Crippen molar-refractivity contribution in [3.05, 3.63) is 23.8 Å². The van der Waals surface area contributed by atoms with Gasteiger partial charge in [0.25, 0.3) is 0 Å². The first-order chi connectivity index (χ1) is 11.2. The second kappa shape index (κ2) is 12.0. The van der Waals surface area contributed by atoms with E-state index in [9.17, 15) is 0 Å². The molecular weight excluding hydrogens is 308 g/mol. The van der Waals surface area contributed by atoms with Gasteiger partial charge in [0, 0.05) is 13.1 Å². The van der Waals surface area contributed by atoms with Gasteiger partial charge in [-0.3, -0.25) is 0 Å². The Balaban J connectivity index is 2.19. The highest BCUT2D eigenvalue weighted by Crippen LogP contribution is 2.27. The molecule has 0 atom stereocenters. The minimum atomic E-state index is 0.737. The number of nitrogens with one attached hydrogen (secondary N) is 2. The summed E-state index contributed by atoms with van der Waals surface area (Å²) in [5.41, 5.74) is 1.19. The van der Waals surface area contributed by atoms with E-state index in [-0.39, 0.29) is 0 Å². The quantitative estimate of drug-likeness (QED) is 0.476. The number of methoxy groups -OCH3 is 2. The van der Waals surface area contributed by atoms with Gasteiger partial charge in [-0.1, -0.05) is 38.7 Å². The monoisotopic (exact) mass is 338 g/mol. The normalized spacial score (nSPS) is 10.2. The highest BCUT2D eigenvalue weighted by Gasteiger charge is 2.04. The SMILES string of the molecule is CCCCCCCNC(=S)NCCc1ccc(OC)c(OC)c1. The highest BCUT2D eigenvalue weighted by molar-refractivity contribution is 7.80. The fourth-order valence-corrected chi connectivity index (χ4v) is 2.55. The van der Waals surface area contributed by atoms with Crippen LogP contribution in [0.1, 0.15) is 44.6 Å². The third kappa shape index (κ3) is 8.07. The molecule has 0 amide bonds.